The maximum Gasteiger partial charge on any atom is 0.0844 e. The Labute approximate surface area is 67.1 Å². The molecule has 11 heavy (non-hydrogen) atoms. The summed E-state index contributed by atoms with van der Waals surface area (Å²) in [5.41, 5.74) is 0. The normalized spacial score (nSPS) is 69.8. The molecule has 4 rings (SSSR count). The minimum atomic E-state index is 0.716. The quantitative estimate of drug-likeness (QED) is 0.480. The zero-order chi connectivity index (χ0) is 7.00. The van der Waals surface area contributed by atoms with E-state index < -0.39 is 0 Å². The molecule has 1 heteroatoms. The van der Waals surface area contributed by atoms with E-state index in [4.69, 9.17) is 4.74 Å². The minimum Gasteiger partial charge on any atom is -0.370 e. The van der Waals surface area contributed by atoms with E-state index in [1.807, 2.05) is 0 Å². The number of hydrogen-bond acceptors (Lipinski definition) is 1. The van der Waals surface area contributed by atoms with Crippen molar-refractivity contribution < 1.29 is 4.74 Å². The van der Waals surface area contributed by atoms with Gasteiger partial charge < -0.3 is 4.74 Å². The summed E-state index contributed by atoms with van der Waals surface area (Å²) in [4.78, 5) is 0. The van der Waals surface area contributed by atoms with Gasteiger partial charge in [0.2, 0.25) is 0 Å². The highest BCUT2D eigenvalue weighted by Gasteiger charge is 2.59. The first-order valence-corrected chi connectivity index (χ1v) is 5.07. The van der Waals surface area contributed by atoms with E-state index in [1.54, 1.807) is 12.8 Å². The van der Waals surface area contributed by atoms with Crippen LogP contribution in [-0.2, 0) is 4.74 Å². The van der Waals surface area contributed by atoms with Crippen LogP contribution >= 0.6 is 0 Å². The van der Waals surface area contributed by atoms with Crippen LogP contribution in [0.15, 0.2) is 0 Å². The number of ether oxygens (including phenoxy) is 1. The van der Waals surface area contributed by atoms with E-state index in [0.717, 1.165) is 23.9 Å². The minimum absolute atomic E-state index is 0.716. The lowest BCUT2D eigenvalue weighted by molar-refractivity contribution is 0.268. The standard InChI is InChI=1S/C10H14O/c1-5-2-7(5)8-4-10-9(11-10)3-6(1)8/h5-10H,1-4H2/t5?,6?,7-,8?,9?,10?/m1/s1. The molecular formula is C10H14O. The van der Waals surface area contributed by atoms with Crippen LogP contribution in [0.5, 0.6) is 0 Å². The molecule has 0 N–H and O–H groups in total. The van der Waals surface area contributed by atoms with Crippen molar-refractivity contribution in [3.8, 4) is 0 Å². The fourth-order valence-electron chi connectivity index (χ4n) is 3.78. The Morgan fingerprint density at radius 3 is 2.45 bits per heavy atom. The van der Waals surface area contributed by atoms with Crippen LogP contribution in [0.3, 0.4) is 0 Å². The number of hydrogen-bond donors (Lipinski definition) is 0. The zero-order valence-electron chi connectivity index (χ0n) is 6.70. The van der Waals surface area contributed by atoms with Crippen LogP contribution in [0.4, 0.5) is 0 Å². The van der Waals surface area contributed by atoms with E-state index in [9.17, 15) is 0 Å². The second-order valence-electron chi connectivity index (χ2n) is 5.00. The molecule has 4 aliphatic rings. The molecule has 1 nitrogen and oxygen atoms in total. The largest absolute Gasteiger partial charge is 0.370 e. The van der Waals surface area contributed by atoms with E-state index >= 15 is 0 Å². The molecule has 0 aromatic heterocycles. The van der Waals surface area contributed by atoms with Gasteiger partial charge in [-0.15, -0.1) is 0 Å². The second-order valence-corrected chi connectivity index (χ2v) is 5.00. The van der Waals surface area contributed by atoms with Crippen molar-refractivity contribution in [2.75, 3.05) is 0 Å². The molecule has 0 aromatic carbocycles. The molecule has 3 aliphatic carbocycles. The van der Waals surface area contributed by atoms with Crippen molar-refractivity contribution in [3.05, 3.63) is 0 Å². The summed E-state index contributed by atoms with van der Waals surface area (Å²) < 4.78 is 5.58. The van der Waals surface area contributed by atoms with E-state index in [0.29, 0.717) is 6.10 Å². The summed E-state index contributed by atoms with van der Waals surface area (Å²) in [6.07, 6.45) is 7.41. The first-order chi connectivity index (χ1) is 5.42. The molecular weight excluding hydrogens is 136 g/mol. The Morgan fingerprint density at radius 1 is 0.727 bits per heavy atom. The predicted molar refractivity (Wildman–Crippen MR) is 41.1 cm³/mol. The van der Waals surface area contributed by atoms with Crippen molar-refractivity contribution >= 4 is 0 Å². The third kappa shape index (κ3) is 0.618. The average Bonchev–Trinajstić information content (AvgIpc) is 2.84. The van der Waals surface area contributed by atoms with Gasteiger partial charge in [0.25, 0.3) is 0 Å². The van der Waals surface area contributed by atoms with Gasteiger partial charge in [-0.3, -0.25) is 0 Å². The molecule has 4 fully saturated rings. The Kier molecular flexibility index (Phi) is 0.769. The van der Waals surface area contributed by atoms with Crippen LogP contribution in [0.25, 0.3) is 0 Å². The van der Waals surface area contributed by atoms with Crippen LogP contribution < -0.4 is 0 Å². The molecule has 60 valence electrons. The summed E-state index contributed by atoms with van der Waals surface area (Å²) in [6, 6.07) is 0. The van der Waals surface area contributed by atoms with Gasteiger partial charge >= 0.3 is 0 Å². The van der Waals surface area contributed by atoms with Crippen molar-refractivity contribution in [1.82, 2.24) is 0 Å². The molecule has 0 radical (unpaired) electrons. The SMILES string of the molecule is C1C2CC3C[C@H]3C2CC2OC12. The molecule has 1 saturated heterocycles. The monoisotopic (exact) mass is 150 g/mol. The number of fused-ring (bicyclic) bond motifs is 4. The van der Waals surface area contributed by atoms with Gasteiger partial charge in [0.1, 0.15) is 0 Å². The maximum atomic E-state index is 5.58. The highest BCUT2D eigenvalue weighted by molar-refractivity contribution is 5.08. The predicted octanol–water partition coefficient (Wildman–Crippen LogP) is 1.82. The fourth-order valence-corrected chi connectivity index (χ4v) is 3.78. The first kappa shape index (κ1) is 5.58. The third-order valence-electron chi connectivity index (χ3n) is 4.47. The molecule has 0 amide bonds. The van der Waals surface area contributed by atoms with Crippen LogP contribution in [0, 0.1) is 23.7 Å². The molecule has 0 bridgehead atoms. The number of epoxide rings is 1. The second kappa shape index (κ2) is 1.52. The van der Waals surface area contributed by atoms with Gasteiger partial charge in [-0.2, -0.15) is 0 Å². The lowest BCUT2D eigenvalue weighted by Crippen LogP contribution is -2.22. The van der Waals surface area contributed by atoms with Crippen LogP contribution in [-0.4, -0.2) is 12.2 Å². The van der Waals surface area contributed by atoms with Gasteiger partial charge in [-0.05, 0) is 49.4 Å². The van der Waals surface area contributed by atoms with E-state index in [2.05, 4.69) is 0 Å². The number of rotatable bonds is 0. The van der Waals surface area contributed by atoms with Crippen molar-refractivity contribution in [3.63, 3.8) is 0 Å². The lowest BCUT2D eigenvalue weighted by Gasteiger charge is -2.24. The summed E-state index contributed by atoms with van der Waals surface area (Å²) in [6.45, 7) is 0. The topological polar surface area (TPSA) is 12.5 Å². The molecule has 1 heterocycles. The van der Waals surface area contributed by atoms with Crippen LogP contribution in [0.1, 0.15) is 25.7 Å². The molecule has 5 unspecified atom stereocenters. The van der Waals surface area contributed by atoms with Gasteiger partial charge in [0, 0.05) is 0 Å². The third-order valence-corrected chi connectivity index (χ3v) is 4.47. The Balaban J connectivity index is 1.65. The molecule has 3 saturated carbocycles. The Hall–Kier alpha value is -0.0400. The Bertz CT molecular complexity index is 213. The van der Waals surface area contributed by atoms with Crippen molar-refractivity contribution in [2.24, 2.45) is 23.7 Å². The van der Waals surface area contributed by atoms with Gasteiger partial charge in [-0.25, -0.2) is 0 Å². The first-order valence-electron chi connectivity index (χ1n) is 5.07. The summed E-state index contributed by atoms with van der Waals surface area (Å²) in [5.74, 6) is 4.51. The van der Waals surface area contributed by atoms with E-state index in [1.165, 1.54) is 18.8 Å². The molecule has 1 aliphatic heterocycles. The Morgan fingerprint density at radius 2 is 1.45 bits per heavy atom. The van der Waals surface area contributed by atoms with Gasteiger partial charge in [-0.1, -0.05) is 0 Å². The van der Waals surface area contributed by atoms with Crippen molar-refractivity contribution in [2.45, 2.75) is 37.9 Å². The fraction of sp³-hybridized carbons (Fsp3) is 1.00. The highest BCUT2D eigenvalue weighted by atomic mass is 16.6. The van der Waals surface area contributed by atoms with Gasteiger partial charge in [0.05, 0.1) is 12.2 Å². The lowest BCUT2D eigenvalue weighted by atomic mass is 9.79. The van der Waals surface area contributed by atoms with Crippen molar-refractivity contribution in [1.29, 1.82) is 0 Å². The van der Waals surface area contributed by atoms with Crippen LogP contribution in [0.2, 0.25) is 0 Å². The summed E-state index contributed by atoms with van der Waals surface area (Å²) in [5, 5.41) is 0. The highest BCUT2D eigenvalue weighted by Crippen LogP contribution is 2.64. The molecule has 0 aromatic rings. The molecule has 6 atom stereocenters. The van der Waals surface area contributed by atoms with Gasteiger partial charge in [0.15, 0.2) is 0 Å². The average molecular weight is 150 g/mol. The summed E-state index contributed by atoms with van der Waals surface area (Å²) in [7, 11) is 0. The zero-order valence-corrected chi connectivity index (χ0v) is 6.70. The maximum absolute atomic E-state index is 5.58. The smallest absolute Gasteiger partial charge is 0.0844 e. The molecule has 0 spiro atoms. The van der Waals surface area contributed by atoms with E-state index in [-0.39, 0.29) is 0 Å². The summed E-state index contributed by atoms with van der Waals surface area (Å²) >= 11 is 0.